The van der Waals surface area contributed by atoms with Crippen molar-refractivity contribution in [3.05, 3.63) is 63.5 Å². The first kappa shape index (κ1) is 20.8. The SMILES string of the molecule is COc1ccc(CN2CCN(c3ccc(C(F)(F)F)cc3[N+](=O)[O-])CC2)cc1F. The molecular formula is C19H19F4N3O3. The summed E-state index contributed by atoms with van der Waals surface area (Å²) in [6.07, 6.45) is -4.64. The third kappa shape index (κ3) is 4.76. The molecule has 1 fully saturated rings. The summed E-state index contributed by atoms with van der Waals surface area (Å²) in [4.78, 5) is 14.2. The zero-order valence-corrected chi connectivity index (χ0v) is 15.6. The lowest BCUT2D eigenvalue weighted by Gasteiger charge is -2.36. The Kier molecular flexibility index (Phi) is 5.92. The number of anilines is 1. The first-order valence-corrected chi connectivity index (χ1v) is 8.84. The van der Waals surface area contributed by atoms with E-state index in [1.165, 1.54) is 13.2 Å². The lowest BCUT2D eigenvalue weighted by molar-refractivity contribution is -0.384. The van der Waals surface area contributed by atoms with Crippen LogP contribution in [0, 0.1) is 15.9 Å². The molecule has 0 aliphatic carbocycles. The Balaban J connectivity index is 1.69. The minimum Gasteiger partial charge on any atom is -0.494 e. The van der Waals surface area contributed by atoms with Gasteiger partial charge in [-0.2, -0.15) is 13.2 Å². The molecule has 1 aliphatic rings. The molecule has 0 bridgehead atoms. The highest BCUT2D eigenvalue weighted by molar-refractivity contribution is 5.65. The van der Waals surface area contributed by atoms with Gasteiger partial charge in [0.25, 0.3) is 5.69 Å². The summed E-state index contributed by atoms with van der Waals surface area (Å²) >= 11 is 0. The van der Waals surface area contributed by atoms with E-state index in [1.807, 2.05) is 4.90 Å². The number of benzene rings is 2. The van der Waals surface area contributed by atoms with Gasteiger partial charge in [0, 0.05) is 38.8 Å². The van der Waals surface area contributed by atoms with E-state index >= 15 is 0 Å². The summed E-state index contributed by atoms with van der Waals surface area (Å²) < 4.78 is 57.3. The van der Waals surface area contributed by atoms with Gasteiger partial charge in [-0.1, -0.05) is 6.07 Å². The van der Waals surface area contributed by atoms with Crippen molar-refractivity contribution >= 4 is 11.4 Å². The average Bonchev–Trinajstić information content (AvgIpc) is 2.67. The third-order valence-electron chi connectivity index (χ3n) is 4.83. The molecular weight excluding hydrogens is 394 g/mol. The van der Waals surface area contributed by atoms with Crippen molar-refractivity contribution in [1.82, 2.24) is 4.90 Å². The molecule has 10 heteroatoms. The van der Waals surface area contributed by atoms with Gasteiger partial charge >= 0.3 is 6.18 Å². The zero-order valence-electron chi connectivity index (χ0n) is 15.6. The minimum absolute atomic E-state index is 0.160. The highest BCUT2D eigenvalue weighted by Gasteiger charge is 2.34. The van der Waals surface area contributed by atoms with Crippen LogP contribution in [0.3, 0.4) is 0 Å². The van der Waals surface area contributed by atoms with E-state index in [9.17, 15) is 27.7 Å². The lowest BCUT2D eigenvalue weighted by Crippen LogP contribution is -2.46. The van der Waals surface area contributed by atoms with Gasteiger partial charge in [-0.25, -0.2) is 4.39 Å². The van der Waals surface area contributed by atoms with Gasteiger partial charge in [-0.15, -0.1) is 0 Å². The van der Waals surface area contributed by atoms with Crippen molar-refractivity contribution in [2.75, 3.05) is 38.2 Å². The van der Waals surface area contributed by atoms with Crippen molar-refractivity contribution < 1.29 is 27.2 Å². The number of halogens is 4. The number of methoxy groups -OCH3 is 1. The van der Waals surface area contributed by atoms with E-state index in [-0.39, 0.29) is 11.4 Å². The monoisotopic (exact) mass is 413 g/mol. The second kappa shape index (κ2) is 8.24. The van der Waals surface area contributed by atoms with Crippen molar-refractivity contribution in [3.8, 4) is 5.75 Å². The van der Waals surface area contributed by atoms with Crippen molar-refractivity contribution in [1.29, 1.82) is 0 Å². The van der Waals surface area contributed by atoms with Crippen molar-refractivity contribution in [3.63, 3.8) is 0 Å². The van der Waals surface area contributed by atoms with Gasteiger partial charge < -0.3 is 9.64 Å². The summed E-state index contributed by atoms with van der Waals surface area (Å²) in [6.45, 7) is 2.37. The molecule has 1 aliphatic heterocycles. The molecule has 29 heavy (non-hydrogen) atoms. The Morgan fingerprint density at radius 1 is 1.10 bits per heavy atom. The van der Waals surface area contributed by atoms with E-state index in [1.54, 1.807) is 17.0 Å². The Morgan fingerprint density at radius 2 is 1.79 bits per heavy atom. The fourth-order valence-corrected chi connectivity index (χ4v) is 3.33. The number of alkyl halides is 3. The van der Waals surface area contributed by atoms with Gasteiger partial charge in [0.15, 0.2) is 11.6 Å². The maximum absolute atomic E-state index is 13.8. The molecule has 2 aromatic carbocycles. The van der Waals surface area contributed by atoms with E-state index in [2.05, 4.69) is 0 Å². The van der Waals surface area contributed by atoms with Gasteiger partial charge in [0.2, 0.25) is 0 Å². The number of hydrogen-bond acceptors (Lipinski definition) is 5. The standard InChI is InChI=1S/C19H19F4N3O3/c1-29-18-5-2-13(10-15(18)20)12-24-6-8-25(9-7-24)16-4-3-14(19(21,22)23)11-17(16)26(27)28/h2-5,10-11H,6-9,12H2,1H3. The summed E-state index contributed by atoms with van der Waals surface area (Å²) in [6, 6.07) is 7.28. The predicted octanol–water partition coefficient (Wildman–Crippen LogP) is 4.08. The first-order chi connectivity index (χ1) is 13.7. The van der Waals surface area contributed by atoms with E-state index in [0.717, 1.165) is 17.7 Å². The predicted molar refractivity (Wildman–Crippen MR) is 98.5 cm³/mol. The number of nitro benzene ring substituents is 1. The maximum Gasteiger partial charge on any atom is 0.416 e. The fraction of sp³-hybridized carbons (Fsp3) is 0.368. The van der Waals surface area contributed by atoms with Crippen LogP contribution < -0.4 is 9.64 Å². The number of hydrogen-bond donors (Lipinski definition) is 0. The number of nitrogens with zero attached hydrogens (tertiary/aromatic N) is 3. The first-order valence-electron chi connectivity index (χ1n) is 8.84. The molecule has 0 aromatic heterocycles. The van der Waals surface area contributed by atoms with Crippen molar-refractivity contribution in [2.24, 2.45) is 0 Å². The highest BCUT2D eigenvalue weighted by Crippen LogP contribution is 2.36. The molecule has 6 nitrogen and oxygen atoms in total. The molecule has 0 atom stereocenters. The van der Waals surface area contributed by atoms with Crippen LogP contribution in [-0.4, -0.2) is 43.1 Å². The van der Waals surface area contributed by atoms with E-state index < -0.39 is 28.2 Å². The Labute approximate surface area is 164 Å². The van der Waals surface area contributed by atoms with E-state index in [0.29, 0.717) is 38.8 Å². The van der Waals surface area contributed by atoms with Crippen LogP contribution in [0.4, 0.5) is 28.9 Å². The molecule has 1 heterocycles. The topological polar surface area (TPSA) is 58.8 Å². The maximum atomic E-state index is 13.8. The Hall–Kier alpha value is -2.88. The molecule has 0 radical (unpaired) electrons. The number of piperazine rings is 1. The summed E-state index contributed by atoms with van der Waals surface area (Å²) in [5.41, 5.74) is -0.686. The molecule has 0 spiro atoms. The van der Waals surface area contributed by atoms with Gasteiger partial charge in [-0.05, 0) is 29.8 Å². The molecule has 1 saturated heterocycles. The van der Waals surface area contributed by atoms with Crippen LogP contribution in [0.2, 0.25) is 0 Å². The fourth-order valence-electron chi connectivity index (χ4n) is 3.33. The lowest BCUT2D eigenvalue weighted by atomic mass is 10.1. The molecule has 0 unspecified atom stereocenters. The van der Waals surface area contributed by atoms with Gasteiger partial charge in [0.05, 0.1) is 17.6 Å². The third-order valence-corrected chi connectivity index (χ3v) is 4.83. The normalized spacial score (nSPS) is 15.4. The van der Waals surface area contributed by atoms with Crippen LogP contribution in [0.25, 0.3) is 0 Å². The van der Waals surface area contributed by atoms with Crippen LogP contribution in [0.1, 0.15) is 11.1 Å². The molecule has 156 valence electrons. The smallest absolute Gasteiger partial charge is 0.416 e. The molecule has 3 rings (SSSR count). The van der Waals surface area contributed by atoms with Crippen molar-refractivity contribution in [2.45, 2.75) is 12.7 Å². The number of rotatable bonds is 5. The molecule has 0 N–H and O–H groups in total. The Morgan fingerprint density at radius 3 is 2.34 bits per heavy atom. The largest absolute Gasteiger partial charge is 0.494 e. The minimum atomic E-state index is -4.64. The average molecular weight is 413 g/mol. The van der Waals surface area contributed by atoms with Gasteiger partial charge in [-0.3, -0.25) is 15.0 Å². The second-order valence-electron chi connectivity index (χ2n) is 6.69. The Bertz CT molecular complexity index is 897. The summed E-state index contributed by atoms with van der Waals surface area (Å²) in [5.74, 6) is -0.294. The molecule has 0 saturated carbocycles. The van der Waals surface area contributed by atoms with Crippen LogP contribution in [0.15, 0.2) is 36.4 Å². The van der Waals surface area contributed by atoms with E-state index in [4.69, 9.17) is 4.74 Å². The second-order valence-corrected chi connectivity index (χ2v) is 6.69. The zero-order chi connectivity index (χ0) is 21.2. The number of ether oxygens (including phenoxy) is 1. The highest BCUT2D eigenvalue weighted by atomic mass is 19.4. The van der Waals surface area contributed by atoms with Crippen LogP contribution in [0.5, 0.6) is 5.75 Å². The molecule has 0 amide bonds. The van der Waals surface area contributed by atoms with Crippen LogP contribution >= 0.6 is 0 Å². The van der Waals surface area contributed by atoms with Crippen LogP contribution in [-0.2, 0) is 12.7 Å². The van der Waals surface area contributed by atoms with Gasteiger partial charge in [0.1, 0.15) is 5.69 Å². The molecule has 2 aromatic rings. The summed E-state index contributed by atoms with van der Waals surface area (Å²) in [5, 5.41) is 11.3. The summed E-state index contributed by atoms with van der Waals surface area (Å²) in [7, 11) is 1.39. The number of nitro groups is 1. The quantitative estimate of drug-likeness (QED) is 0.420.